The van der Waals surface area contributed by atoms with Crippen LogP contribution in [0.25, 0.3) is 16.9 Å². The minimum absolute atomic E-state index is 0.235. The van der Waals surface area contributed by atoms with Crippen molar-refractivity contribution < 1.29 is 13.2 Å². The smallest absolute Gasteiger partial charge is 0.255 e. The number of hydrogen-bond acceptors (Lipinski definition) is 5. The summed E-state index contributed by atoms with van der Waals surface area (Å²) in [6.07, 6.45) is 5.04. The van der Waals surface area contributed by atoms with Crippen LogP contribution < -0.4 is 5.32 Å². The second-order valence-corrected chi connectivity index (χ2v) is 9.77. The highest BCUT2D eigenvalue weighted by molar-refractivity contribution is 7.89. The standard InChI is InChI=1S/C26H27N5O3S/c1-3-30(4-2)35(33,34)23-14-12-20(13-15-23)17-28-26(32)24-19-31(22-10-6-5-7-11-22)29-25(24)21-9-8-16-27-18-21/h5-16,18-19H,3-4,17H2,1-2H3,(H,28,32). The summed E-state index contributed by atoms with van der Waals surface area (Å²) in [6.45, 7) is 4.68. The molecule has 35 heavy (non-hydrogen) atoms. The largest absolute Gasteiger partial charge is 0.348 e. The SMILES string of the molecule is CCN(CC)S(=O)(=O)c1ccc(CNC(=O)c2cn(-c3ccccc3)nc2-c2cccnc2)cc1. The van der Waals surface area contributed by atoms with Crippen molar-refractivity contribution in [3.05, 3.63) is 96.4 Å². The van der Waals surface area contributed by atoms with Gasteiger partial charge in [-0.25, -0.2) is 13.1 Å². The summed E-state index contributed by atoms with van der Waals surface area (Å²) in [5.41, 5.74) is 3.30. The van der Waals surface area contributed by atoms with Gasteiger partial charge in [0.2, 0.25) is 10.0 Å². The van der Waals surface area contributed by atoms with Crippen LogP contribution in [-0.4, -0.2) is 46.5 Å². The number of benzene rings is 2. The molecule has 1 amide bonds. The van der Waals surface area contributed by atoms with Crippen LogP contribution >= 0.6 is 0 Å². The van der Waals surface area contributed by atoms with E-state index in [2.05, 4.69) is 15.4 Å². The molecule has 9 heteroatoms. The Balaban J connectivity index is 1.55. The number of amides is 1. The van der Waals surface area contributed by atoms with E-state index >= 15 is 0 Å². The maximum Gasteiger partial charge on any atom is 0.255 e. The summed E-state index contributed by atoms with van der Waals surface area (Å²) in [6, 6.07) is 19.8. The monoisotopic (exact) mass is 489 g/mol. The molecular formula is C26H27N5O3S. The molecule has 0 radical (unpaired) electrons. The fourth-order valence-electron chi connectivity index (χ4n) is 3.74. The van der Waals surface area contributed by atoms with Gasteiger partial charge in [0.1, 0.15) is 5.69 Å². The number of sulfonamides is 1. The molecule has 0 saturated heterocycles. The average Bonchev–Trinajstić information content (AvgIpc) is 3.35. The van der Waals surface area contributed by atoms with Gasteiger partial charge >= 0.3 is 0 Å². The van der Waals surface area contributed by atoms with E-state index in [1.807, 2.05) is 50.2 Å². The molecule has 4 aromatic rings. The normalized spacial score (nSPS) is 11.5. The fraction of sp³-hybridized carbons (Fsp3) is 0.192. The van der Waals surface area contributed by atoms with Crippen molar-refractivity contribution in [1.82, 2.24) is 24.4 Å². The molecule has 0 aliphatic rings. The van der Waals surface area contributed by atoms with Crippen molar-refractivity contribution >= 4 is 15.9 Å². The van der Waals surface area contributed by atoms with Gasteiger partial charge in [0, 0.05) is 43.8 Å². The predicted molar refractivity (Wildman–Crippen MR) is 135 cm³/mol. The number of hydrogen-bond donors (Lipinski definition) is 1. The third-order valence-electron chi connectivity index (χ3n) is 5.63. The van der Waals surface area contributed by atoms with Gasteiger partial charge in [-0.2, -0.15) is 9.40 Å². The fourth-order valence-corrected chi connectivity index (χ4v) is 5.20. The third-order valence-corrected chi connectivity index (χ3v) is 7.70. The molecule has 0 aliphatic heterocycles. The van der Waals surface area contributed by atoms with Crippen molar-refractivity contribution in [3.63, 3.8) is 0 Å². The third kappa shape index (κ3) is 5.31. The lowest BCUT2D eigenvalue weighted by atomic mass is 10.1. The number of aromatic nitrogens is 3. The molecule has 1 N–H and O–H groups in total. The topological polar surface area (TPSA) is 97.2 Å². The molecule has 0 saturated carbocycles. The van der Waals surface area contributed by atoms with Crippen molar-refractivity contribution in [2.45, 2.75) is 25.3 Å². The molecule has 2 aromatic carbocycles. The molecule has 4 rings (SSSR count). The van der Waals surface area contributed by atoms with E-state index < -0.39 is 10.0 Å². The summed E-state index contributed by atoms with van der Waals surface area (Å²) in [7, 11) is -3.52. The van der Waals surface area contributed by atoms with Crippen LogP contribution in [0.4, 0.5) is 0 Å². The Bertz CT molecular complexity index is 1380. The van der Waals surface area contributed by atoms with E-state index in [0.717, 1.165) is 16.8 Å². The summed E-state index contributed by atoms with van der Waals surface area (Å²) in [4.78, 5) is 17.6. The van der Waals surface area contributed by atoms with Crippen LogP contribution in [0.5, 0.6) is 0 Å². The van der Waals surface area contributed by atoms with Crippen LogP contribution in [0.15, 0.2) is 90.2 Å². The van der Waals surface area contributed by atoms with E-state index in [1.54, 1.807) is 53.6 Å². The van der Waals surface area contributed by atoms with Gasteiger partial charge < -0.3 is 5.32 Å². The highest BCUT2D eigenvalue weighted by atomic mass is 32.2. The zero-order valence-corrected chi connectivity index (χ0v) is 20.4. The van der Waals surface area contributed by atoms with Gasteiger partial charge in [-0.15, -0.1) is 0 Å². The maximum absolute atomic E-state index is 13.2. The van der Waals surface area contributed by atoms with Crippen molar-refractivity contribution in [2.24, 2.45) is 0 Å². The number of carbonyl (C=O) groups is 1. The Hall–Kier alpha value is -3.82. The van der Waals surface area contributed by atoms with Crippen molar-refractivity contribution in [2.75, 3.05) is 13.1 Å². The molecule has 0 fully saturated rings. The first kappa shape index (κ1) is 24.3. The Kier molecular flexibility index (Phi) is 7.38. The quantitative estimate of drug-likeness (QED) is 0.385. The minimum atomic E-state index is -3.52. The number of nitrogens with zero attached hydrogens (tertiary/aromatic N) is 4. The minimum Gasteiger partial charge on any atom is -0.348 e. The van der Waals surface area contributed by atoms with Crippen LogP contribution in [0.2, 0.25) is 0 Å². The van der Waals surface area contributed by atoms with Crippen LogP contribution in [-0.2, 0) is 16.6 Å². The Morgan fingerprint density at radius 3 is 2.31 bits per heavy atom. The summed E-state index contributed by atoms with van der Waals surface area (Å²) >= 11 is 0. The summed E-state index contributed by atoms with van der Waals surface area (Å²) in [5, 5.41) is 7.56. The molecule has 0 atom stereocenters. The highest BCUT2D eigenvalue weighted by Crippen LogP contribution is 2.23. The molecule has 0 unspecified atom stereocenters. The zero-order valence-electron chi connectivity index (χ0n) is 19.6. The molecule has 0 bridgehead atoms. The van der Waals surface area contributed by atoms with E-state index in [0.29, 0.717) is 24.3 Å². The molecule has 180 valence electrons. The van der Waals surface area contributed by atoms with Crippen molar-refractivity contribution in [1.29, 1.82) is 0 Å². The Morgan fingerprint density at radius 1 is 0.971 bits per heavy atom. The lowest BCUT2D eigenvalue weighted by Gasteiger charge is -2.18. The van der Waals surface area contributed by atoms with Gasteiger partial charge in [-0.1, -0.05) is 44.2 Å². The van der Waals surface area contributed by atoms with Crippen LogP contribution in [0.1, 0.15) is 29.8 Å². The van der Waals surface area contributed by atoms with Gasteiger partial charge in [0.25, 0.3) is 5.91 Å². The lowest BCUT2D eigenvalue weighted by molar-refractivity contribution is 0.0951. The molecule has 0 spiro atoms. The highest BCUT2D eigenvalue weighted by Gasteiger charge is 2.22. The van der Waals surface area contributed by atoms with Gasteiger partial charge in [-0.05, 0) is 42.0 Å². The van der Waals surface area contributed by atoms with E-state index in [1.165, 1.54) is 4.31 Å². The average molecular weight is 490 g/mol. The molecule has 2 aromatic heterocycles. The number of carbonyl (C=O) groups excluding carboxylic acids is 1. The van der Waals surface area contributed by atoms with Gasteiger partial charge in [0.05, 0.1) is 16.1 Å². The van der Waals surface area contributed by atoms with Gasteiger partial charge in [0.15, 0.2) is 0 Å². The first-order valence-corrected chi connectivity index (χ1v) is 12.8. The molecule has 0 aliphatic carbocycles. The van der Waals surface area contributed by atoms with Crippen molar-refractivity contribution in [3.8, 4) is 16.9 Å². The number of rotatable bonds is 9. The summed E-state index contributed by atoms with van der Waals surface area (Å²) < 4.78 is 28.5. The Morgan fingerprint density at radius 2 is 1.69 bits per heavy atom. The molecule has 2 heterocycles. The van der Waals surface area contributed by atoms with Gasteiger partial charge in [-0.3, -0.25) is 9.78 Å². The number of nitrogens with one attached hydrogen (secondary N) is 1. The lowest BCUT2D eigenvalue weighted by Crippen LogP contribution is -2.30. The predicted octanol–water partition coefficient (Wildman–Crippen LogP) is 3.89. The Labute approximate surface area is 205 Å². The van der Waals surface area contributed by atoms with E-state index in [-0.39, 0.29) is 17.3 Å². The summed E-state index contributed by atoms with van der Waals surface area (Å²) in [5.74, 6) is -0.286. The molecule has 8 nitrogen and oxygen atoms in total. The maximum atomic E-state index is 13.2. The van der Waals surface area contributed by atoms with Crippen LogP contribution in [0.3, 0.4) is 0 Å². The number of para-hydroxylation sites is 1. The molecular weight excluding hydrogens is 462 g/mol. The first-order valence-electron chi connectivity index (χ1n) is 11.4. The van der Waals surface area contributed by atoms with Crippen LogP contribution in [0, 0.1) is 0 Å². The zero-order chi connectivity index (χ0) is 24.8. The number of pyridine rings is 1. The second kappa shape index (κ2) is 10.6. The van der Waals surface area contributed by atoms with E-state index in [4.69, 9.17) is 0 Å². The second-order valence-electron chi connectivity index (χ2n) is 7.83. The first-order chi connectivity index (χ1) is 16.9. The van der Waals surface area contributed by atoms with E-state index in [9.17, 15) is 13.2 Å².